The maximum absolute atomic E-state index is 12.3. The van der Waals surface area contributed by atoms with Crippen molar-refractivity contribution in [3.8, 4) is 0 Å². The lowest BCUT2D eigenvalue weighted by atomic mass is 10.2. The summed E-state index contributed by atoms with van der Waals surface area (Å²) in [4.78, 5) is 25.6. The zero-order chi connectivity index (χ0) is 15.3. The number of aliphatic carboxylic acids is 1. The zero-order valence-electron chi connectivity index (χ0n) is 11.3. The molecule has 110 valence electrons. The van der Waals surface area contributed by atoms with Crippen molar-refractivity contribution in [2.45, 2.75) is 13.0 Å². The van der Waals surface area contributed by atoms with Crippen molar-refractivity contribution >= 4 is 29.3 Å². The maximum Gasteiger partial charge on any atom is 0.325 e. The van der Waals surface area contributed by atoms with Crippen LogP contribution in [-0.2, 0) is 4.79 Å². The van der Waals surface area contributed by atoms with Crippen molar-refractivity contribution in [2.24, 2.45) is 0 Å². The molecule has 6 nitrogen and oxygen atoms in total. The van der Waals surface area contributed by atoms with Gasteiger partial charge in [-0.3, -0.25) is 9.69 Å². The Morgan fingerprint density at radius 3 is 2.55 bits per heavy atom. The number of rotatable bonds is 5. The van der Waals surface area contributed by atoms with Gasteiger partial charge in [-0.25, -0.2) is 4.79 Å². The SMILES string of the molecule is CC(CO)N(C)C(=O)N(CC(=O)O)c1cccc(Cl)c1. The monoisotopic (exact) mass is 300 g/mol. The lowest BCUT2D eigenvalue weighted by molar-refractivity contribution is -0.135. The predicted molar refractivity (Wildman–Crippen MR) is 76.1 cm³/mol. The third-order valence-electron chi connectivity index (χ3n) is 2.87. The van der Waals surface area contributed by atoms with E-state index in [1.807, 2.05) is 0 Å². The van der Waals surface area contributed by atoms with E-state index < -0.39 is 24.6 Å². The molecule has 2 amide bonds. The number of anilines is 1. The summed E-state index contributed by atoms with van der Waals surface area (Å²) in [5, 5.41) is 18.4. The van der Waals surface area contributed by atoms with Crippen LogP contribution in [-0.4, -0.2) is 53.4 Å². The average molecular weight is 301 g/mol. The summed E-state index contributed by atoms with van der Waals surface area (Å²) in [6, 6.07) is 5.45. The van der Waals surface area contributed by atoms with Crippen LogP contribution in [0, 0.1) is 0 Å². The first-order valence-electron chi connectivity index (χ1n) is 5.99. The van der Waals surface area contributed by atoms with Gasteiger partial charge in [-0.05, 0) is 25.1 Å². The number of amides is 2. The van der Waals surface area contributed by atoms with Crippen LogP contribution in [0.3, 0.4) is 0 Å². The summed E-state index contributed by atoms with van der Waals surface area (Å²) >= 11 is 5.86. The highest BCUT2D eigenvalue weighted by molar-refractivity contribution is 6.30. The number of urea groups is 1. The lowest BCUT2D eigenvalue weighted by Crippen LogP contribution is -2.48. The van der Waals surface area contributed by atoms with Crippen molar-refractivity contribution in [2.75, 3.05) is 25.1 Å². The number of carbonyl (C=O) groups excluding carboxylic acids is 1. The third kappa shape index (κ3) is 4.11. The number of hydrogen-bond donors (Lipinski definition) is 2. The van der Waals surface area contributed by atoms with E-state index >= 15 is 0 Å². The van der Waals surface area contributed by atoms with Crippen LogP contribution >= 0.6 is 11.6 Å². The van der Waals surface area contributed by atoms with Gasteiger partial charge in [0.1, 0.15) is 6.54 Å². The smallest absolute Gasteiger partial charge is 0.325 e. The van der Waals surface area contributed by atoms with Gasteiger partial charge in [-0.15, -0.1) is 0 Å². The van der Waals surface area contributed by atoms with E-state index in [4.69, 9.17) is 21.8 Å². The minimum atomic E-state index is -1.14. The van der Waals surface area contributed by atoms with Gasteiger partial charge < -0.3 is 15.1 Å². The van der Waals surface area contributed by atoms with Crippen LogP contribution in [0.25, 0.3) is 0 Å². The molecule has 2 N–H and O–H groups in total. The molecule has 0 fully saturated rings. The highest BCUT2D eigenvalue weighted by atomic mass is 35.5. The average Bonchev–Trinajstić information content (AvgIpc) is 2.42. The topological polar surface area (TPSA) is 81.1 Å². The molecule has 0 heterocycles. The van der Waals surface area contributed by atoms with E-state index in [1.165, 1.54) is 18.0 Å². The Morgan fingerprint density at radius 2 is 2.05 bits per heavy atom. The molecule has 1 atom stereocenters. The number of benzene rings is 1. The van der Waals surface area contributed by atoms with E-state index in [0.717, 1.165) is 4.90 Å². The summed E-state index contributed by atoms with van der Waals surface area (Å²) in [7, 11) is 1.50. The van der Waals surface area contributed by atoms with E-state index in [2.05, 4.69) is 0 Å². The van der Waals surface area contributed by atoms with Gasteiger partial charge in [0.25, 0.3) is 0 Å². The minimum absolute atomic E-state index is 0.210. The molecule has 0 aliphatic carbocycles. The molecule has 1 rings (SSSR count). The lowest BCUT2D eigenvalue weighted by Gasteiger charge is -2.30. The minimum Gasteiger partial charge on any atom is -0.480 e. The van der Waals surface area contributed by atoms with Gasteiger partial charge in [0.05, 0.1) is 12.6 Å². The summed E-state index contributed by atoms with van der Waals surface area (Å²) in [6.45, 7) is 0.967. The second-order valence-corrected chi connectivity index (χ2v) is 4.82. The molecule has 1 aromatic carbocycles. The number of halogens is 1. The van der Waals surface area contributed by atoms with Crippen molar-refractivity contribution in [1.29, 1.82) is 0 Å². The molecule has 1 aromatic rings. The molecule has 0 radical (unpaired) electrons. The molecule has 0 bridgehead atoms. The second kappa shape index (κ2) is 7.12. The number of aliphatic hydroxyl groups is 1. The number of carboxylic acids is 1. The fourth-order valence-electron chi connectivity index (χ4n) is 1.55. The van der Waals surface area contributed by atoms with Crippen molar-refractivity contribution in [1.82, 2.24) is 4.90 Å². The molecule has 7 heteroatoms. The first kappa shape index (κ1) is 16.3. The molecule has 20 heavy (non-hydrogen) atoms. The predicted octanol–water partition coefficient (Wildman–Crippen LogP) is 1.66. The van der Waals surface area contributed by atoms with Gasteiger partial charge in [0.15, 0.2) is 0 Å². The Morgan fingerprint density at radius 1 is 1.40 bits per heavy atom. The van der Waals surface area contributed by atoms with Crippen molar-refractivity contribution in [3.63, 3.8) is 0 Å². The Labute approximate surface area is 122 Å². The quantitative estimate of drug-likeness (QED) is 0.866. The molecular weight excluding hydrogens is 284 g/mol. The van der Waals surface area contributed by atoms with Crippen LogP contribution in [0.5, 0.6) is 0 Å². The summed E-state index contributed by atoms with van der Waals surface area (Å²) < 4.78 is 0. The van der Waals surface area contributed by atoms with Crippen LogP contribution in [0.1, 0.15) is 6.92 Å². The Bertz CT molecular complexity index is 495. The first-order chi connectivity index (χ1) is 9.36. The number of nitrogens with zero attached hydrogens (tertiary/aromatic N) is 2. The Balaban J connectivity index is 3.06. The number of aliphatic hydroxyl groups excluding tert-OH is 1. The number of likely N-dealkylation sites (N-methyl/N-ethyl adjacent to an activating group) is 1. The van der Waals surface area contributed by atoms with Gasteiger partial charge in [-0.1, -0.05) is 17.7 Å². The normalized spacial score (nSPS) is 11.8. The van der Waals surface area contributed by atoms with E-state index in [1.54, 1.807) is 25.1 Å². The summed E-state index contributed by atoms with van der Waals surface area (Å²) in [6.07, 6.45) is 0. The van der Waals surface area contributed by atoms with Gasteiger partial charge in [-0.2, -0.15) is 0 Å². The van der Waals surface area contributed by atoms with Gasteiger partial charge in [0, 0.05) is 17.8 Å². The fraction of sp³-hybridized carbons (Fsp3) is 0.385. The zero-order valence-corrected chi connectivity index (χ0v) is 12.0. The van der Waals surface area contributed by atoms with Crippen LogP contribution in [0.4, 0.5) is 10.5 Å². The van der Waals surface area contributed by atoms with Crippen molar-refractivity contribution in [3.05, 3.63) is 29.3 Å². The summed E-state index contributed by atoms with van der Waals surface area (Å²) in [5.41, 5.74) is 0.391. The van der Waals surface area contributed by atoms with E-state index in [9.17, 15) is 9.59 Å². The molecule has 0 aliphatic heterocycles. The van der Waals surface area contributed by atoms with Gasteiger partial charge in [0.2, 0.25) is 0 Å². The largest absolute Gasteiger partial charge is 0.480 e. The number of carbonyl (C=O) groups is 2. The number of carboxylic acid groups (broad SMARTS) is 1. The molecule has 1 unspecified atom stereocenters. The van der Waals surface area contributed by atoms with Gasteiger partial charge >= 0.3 is 12.0 Å². The van der Waals surface area contributed by atoms with Crippen LogP contribution in [0.15, 0.2) is 24.3 Å². The van der Waals surface area contributed by atoms with Crippen molar-refractivity contribution < 1.29 is 19.8 Å². The Hall–Kier alpha value is -1.79. The highest BCUT2D eigenvalue weighted by Gasteiger charge is 2.25. The van der Waals surface area contributed by atoms with Crippen LogP contribution < -0.4 is 4.90 Å². The molecule has 0 aliphatic rings. The summed E-state index contributed by atoms with van der Waals surface area (Å²) in [5.74, 6) is -1.14. The molecule has 0 saturated heterocycles. The first-order valence-corrected chi connectivity index (χ1v) is 6.37. The highest BCUT2D eigenvalue weighted by Crippen LogP contribution is 2.21. The molecule has 0 spiro atoms. The second-order valence-electron chi connectivity index (χ2n) is 4.38. The maximum atomic E-state index is 12.3. The number of hydrogen-bond acceptors (Lipinski definition) is 3. The van der Waals surface area contributed by atoms with Crippen LogP contribution in [0.2, 0.25) is 5.02 Å². The standard InChI is InChI=1S/C13H17ClN2O4/c1-9(8-17)15(2)13(20)16(7-12(18)19)11-5-3-4-10(14)6-11/h3-6,9,17H,7-8H2,1-2H3,(H,18,19). The fourth-order valence-corrected chi connectivity index (χ4v) is 1.73. The third-order valence-corrected chi connectivity index (χ3v) is 3.11. The molecule has 0 aromatic heterocycles. The van der Waals surface area contributed by atoms with E-state index in [0.29, 0.717) is 10.7 Å². The molecular formula is C13H17ClN2O4. The molecule has 0 saturated carbocycles. The van der Waals surface area contributed by atoms with E-state index in [-0.39, 0.29) is 6.61 Å². The Kier molecular flexibility index (Phi) is 5.79.